The number of amides is 1. The summed E-state index contributed by atoms with van der Waals surface area (Å²) < 4.78 is 30.9. The van der Waals surface area contributed by atoms with Crippen LogP contribution in [0.3, 0.4) is 0 Å². The van der Waals surface area contributed by atoms with Crippen molar-refractivity contribution in [3.05, 3.63) is 29.8 Å². The third-order valence-electron chi connectivity index (χ3n) is 5.09. The Labute approximate surface area is 167 Å². The minimum absolute atomic E-state index is 0.123. The van der Waals surface area contributed by atoms with E-state index in [-0.39, 0.29) is 17.2 Å². The second-order valence-electron chi connectivity index (χ2n) is 7.23. The summed E-state index contributed by atoms with van der Waals surface area (Å²) >= 11 is 0. The normalized spacial score (nSPS) is 16.4. The monoisotopic (exact) mass is 410 g/mol. The highest BCUT2D eigenvalue weighted by Gasteiger charge is 2.20. The van der Waals surface area contributed by atoms with Gasteiger partial charge >= 0.3 is 5.97 Å². The summed E-state index contributed by atoms with van der Waals surface area (Å²) in [4.78, 5) is 24.3. The van der Waals surface area contributed by atoms with Gasteiger partial charge < -0.3 is 10.1 Å². The van der Waals surface area contributed by atoms with E-state index in [1.54, 1.807) is 19.1 Å². The molecule has 1 aromatic carbocycles. The molecule has 0 spiro atoms. The fraction of sp³-hybridized carbons (Fsp3) is 0.600. The van der Waals surface area contributed by atoms with Gasteiger partial charge in [-0.3, -0.25) is 9.59 Å². The second kappa shape index (κ2) is 10.6. The zero-order chi connectivity index (χ0) is 20.6. The quantitative estimate of drug-likeness (QED) is 0.608. The Morgan fingerprint density at radius 2 is 1.79 bits per heavy atom. The number of benzene rings is 1. The van der Waals surface area contributed by atoms with Gasteiger partial charge in [0, 0.05) is 13.0 Å². The van der Waals surface area contributed by atoms with Crippen molar-refractivity contribution >= 4 is 21.9 Å². The third-order valence-corrected chi connectivity index (χ3v) is 6.52. The average Bonchev–Trinajstić information content (AvgIpc) is 2.71. The van der Waals surface area contributed by atoms with Gasteiger partial charge in [0.05, 0.1) is 4.90 Å². The van der Waals surface area contributed by atoms with Crippen LogP contribution in [0.25, 0.3) is 0 Å². The van der Waals surface area contributed by atoms with E-state index in [9.17, 15) is 18.0 Å². The second-order valence-corrected chi connectivity index (χ2v) is 9.12. The van der Waals surface area contributed by atoms with Gasteiger partial charge in [0.2, 0.25) is 10.0 Å². The molecule has 0 radical (unpaired) electrons. The minimum atomic E-state index is -3.47. The number of hydrogen-bond acceptors (Lipinski definition) is 5. The Kier molecular flexibility index (Phi) is 8.44. The number of carbonyl (C=O) groups is 2. The molecule has 0 aromatic heterocycles. The molecule has 1 aliphatic rings. The number of aryl methyl sites for hydroxylation is 1. The lowest BCUT2D eigenvalue weighted by atomic mass is 9.89. The molecule has 0 heterocycles. The van der Waals surface area contributed by atoms with Crippen LogP contribution in [0.1, 0.15) is 51.0 Å². The Morgan fingerprint density at radius 1 is 1.14 bits per heavy atom. The van der Waals surface area contributed by atoms with Gasteiger partial charge in [-0.2, -0.15) is 0 Å². The summed E-state index contributed by atoms with van der Waals surface area (Å²) in [6.07, 6.45) is 5.70. The predicted molar refractivity (Wildman–Crippen MR) is 106 cm³/mol. The van der Waals surface area contributed by atoms with Crippen molar-refractivity contribution in [3.8, 4) is 0 Å². The van der Waals surface area contributed by atoms with Crippen LogP contribution in [0.5, 0.6) is 0 Å². The van der Waals surface area contributed by atoms with Crippen molar-refractivity contribution in [3.63, 3.8) is 0 Å². The van der Waals surface area contributed by atoms with Crippen LogP contribution < -0.4 is 10.0 Å². The molecule has 0 saturated heterocycles. The number of hydrogen-bond donors (Lipinski definition) is 2. The van der Waals surface area contributed by atoms with E-state index in [0.717, 1.165) is 18.4 Å². The molecule has 0 bridgehead atoms. The van der Waals surface area contributed by atoms with Crippen LogP contribution in [0.2, 0.25) is 0 Å². The number of rotatable bonds is 9. The fourth-order valence-electron chi connectivity index (χ4n) is 3.29. The first kappa shape index (κ1) is 22.4. The van der Waals surface area contributed by atoms with E-state index in [1.807, 2.05) is 0 Å². The molecule has 1 unspecified atom stereocenters. The summed E-state index contributed by atoms with van der Waals surface area (Å²) in [7, 11) is -2.12. The van der Waals surface area contributed by atoms with Gasteiger partial charge in [0.1, 0.15) is 0 Å². The lowest BCUT2D eigenvalue weighted by molar-refractivity contribution is -0.154. The molecule has 28 heavy (non-hydrogen) atoms. The summed E-state index contributed by atoms with van der Waals surface area (Å²) in [5.74, 6) is -0.192. The van der Waals surface area contributed by atoms with Crippen molar-refractivity contribution in [2.24, 2.45) is 5.92 Å². The summed E-state index contributed by atoms with van der Waals surface area (Å²) in [6.45, 7) is 2.22. The van der Waals surface area contributed by atoms with E-state index in [4.69, 9.17) is 4.74 Å². The van der Waals surface area contributed by atoms with Crippen LogP contribution in [0.4, 0.5) is 0 Å². The maximum Gasteiger partial charge on any atom is 0.306 e. The third kappa shape index (κ3) is 6.91. The number of esters is 1. The molecule has 1 fully saturated rings. The van der Waals surface area contributed by atoms with E-state index >= 15 is 0 Å². The molecular weight excluding hydrogens is 380 g/mol. The summed E-state index contributed by atoms with van der Waals surface area (Å²) in [5, 5.41) is 2.88. The molecule has 0 aliphatic heterocycles. The van der Waals surface area contributed by atoms with Crippen LogP contribution in [-0.4, -0.2) is 40.0 Å². The van der Waals surface area contributed by atoms with Crippen molar-refractivity contribution < 1.29 is 22.7 Å². The van der Waals surface area contributed by atoms with E-state index in [1.165, 1.54) is 38.4 Å². The largest absolute Gasteiger partial charge is 0.453 e. The summed E-state index contributed by atoms with van der Waals surface area (Å²) in [5.41, 5.74) is 0.821. The lowest BCUT2D eigenvalue weighted by Gasteiger charge is -2.22. The van der Waals surface area contributed by atoms with Gasteiger partial charge in [0.15, 0.2) is 6.10 Å². The molecule has 1 amide bonds. The fourth-order valence-corrected chi connectivity index (χ4v) is 4.02. The smallest absolute Gasteiger partial charge is 0.306 e. The first-order chi connectivity index (χ1) is 13.3. The Balaban J connectivity index is 1.73. The molecule has 1 saturated carbocycles. The van der Waals surface area contributed by atoms with Crippen LogP contribution >= 0.6 is 0 Å². The zero-order valence-corrected chi connectivity index (χ0v) is 17.4. The molecule has 156 valence electrons. The van der Waals surface area contributed by atoms with Crippen molar-refractivity contribution in [2.75, 3.05) is 13.6 Å². The van der Waals surface area contributed by atoms with Gasteiger partial charge in [-0.05, 0) is 56.8 Å². The van der Waals surface area contributed by atoms with Gasteiger partial charge in [-0.1, -0.05) is 31.4 Å². The van der Waals surface area contributed by atoms with Gasteiger partial charge in [-0.15, -0.1) is 0 Å². The van der Waals surface area contributed by atoms with Crippen LogP contribution in [0, 0.1) is 5.92 Å². The molecule has 1 aliphatic carbocycles. The van der Waals surface area contributed by atoms with E-state index < -0.39 is 22.1 Å². The Bertz CT molecular complexity index is 755. The van der Waals surface area contributed by atoms with Crippen LogP contribution in [-0.2, 0) is 30.8 Å². The maximum absolute atomic E-state index is 12.1. The highest BCUT2D eigenvalue weighted by molar-refractivity contribution is 7.89. The SMILES string of the molecule is CNS(=O)(=O)c1ccc(CCC(=O)OC(C)C(=O)NCC2CCCCC2)cc1. The topological polar surface area (TPSA) is 102 Å². The van der Waals surface area contributed by atoms with Crippen LogP contribution in [0.15, 0.2) is 29.2 Å². The first-order valence-electron chi connectivity index (χ1n) is 9.81. The highest BCUT2D eigenvalue weighted by Crippen LogP contribution is 2.22. The van der Waals surface area contributed by atoms with E-state index in [2.05, 4.69) is 10.0 Å². The van der Waals surface area contributed by atoms with Crippen molar-refractivity contribution in [2.45, 2.75) is 62.9 Å². The summed E-state index contributed by atoms with van der Waals surface area (Å²) in [6, 6.07) is 6.32. The predicted octanol–water partition coefficient (Wildman–Crippen LogP) is 2.16. The number of sulfonamides is 1. The molecule has 1 atom stereocenters. The Hall–Kier alpha value is -1.93. The number of carbonyl (C=O) groups excluding carboxylic acids is 2. The first-order valence-corrected chi connectivity index (χ1v) is 11.3. The average molecular weight is 411 g/mol. The molecular formula is C20H30N2O5S. The number of nitrogens with one attached hydrogen (secondary N) is 2. The lowest BCUT2D eigenvalue weighted by Crippen LogP contribution is -2.38. The molecule has 2 N–H and O–H groups in total. The Morgan fingerprint density at radius 3 is 2.39 bits per heavy atom. The minimum Gasteiger partial charge on any atom is -0.453 e. The highest BCUT2D eigenvalue weighted by atomic mass is 32.2. The molecule has 7 nitrogen and oxygen atoms in total. The van der Waals surface area contributed by atoms with Crippen molar-refractivity contribution in [1.29, 1.82) is 0 Å². The van der Waals surface area contributed by atoms with Gasteiger partial charge in [-0.25, -0.2) is 13.1 Å². The van der Waals surface area contributed by atoms with E-state index in [0.29, 0.717) is 18.9 Å². The molecule has 8 heteroatoms. The zero-order valence-electron chi connectivity index (χ0n) is 16.6. The molecule has 1 aromatic rings. The number of ether oxygens (including phenoxy) is 1. The maximum atomic E-state index is 12.1. The molecule has 2 rings (SSSR count). The standard InChI is InChI=1S/C20H30N2O5S/c1-15(20(24)22-14-17-6-4-3-5-7-17)27-19(23)13-10-16-8-11-18(12-9-16)28(25,26)21-2/h8-9,11-12,15,17,21H,3-7,10,13-14H2,1-2H3,(H,22,24). The van der Waals surface area contributed by atoms with Gasteiger partial charge in [0.25, 0.3) is 5.91 Å². The van der Waals surface area contributed by atoms with Crippen molar-refractivity contribution in [1.82, 2.24) is 10.0 Å².